The van der Waals surface area contributed by atoms with Gasteiger partial charge in [0.2, 0.25) is 0 Å². The number of hydrogen-bond donors (Lipinski definition) is 1. The van der Waals surface area contributed by atoms with Crippen molar-refractivity contribution in [1.29, 1.82) is 0 Å². The van der Waals surface area contributed by atoms with Crippen molar-refractivity contribution in [3.05, 3.63) is 47.7 Å². The number of aromatic nitrogens is 1. The molecule has 1 aromatic carbocycles. The van der Waals surface area contributed by atoms with Gasteiger partial charge >= 0.3 is 0 Å². The third kappa shape index (κ3) is 2.99. The molecule has 104 valence electrons. The molecule has 20 heavy (non-hydrogen) atoms. The van der Waals surface area contributed by atoms with Crippen molar-refractivity contribution in [3.8, 4) is 0 Å². The Morgan fingerprint density at radius 1 is 1.30 bits per heavy atom. The Bertz CT molecular complexity index is 634. The molecule has 0 saturated heterocycles. The number of ether oxygens (including phenoxy) is 1. The second kappa shape index (κ2) is 6.06. The van der Waals surface area contributed by atoms with Crippen LogP contribution >= 0.6 is 0 Å². The average Bonchev–Trinajstić information content (AvgIpc) is 2.48. The summed E-state index contributed by atoms with van der Waals surface area (Å²) in [4.78, 5) is 4.57. The number of anilines is 1. The van der Waals surface area contributed by atoms with Crippen LogP contribution in [0.5, 0.6) is 0 Å². The highest BCUT2D eigenvalue weighted by Crippen LogP contribution is 2.23. The first-order valence-corrected chi connectivity index (χ1v) is 7.19. The zero-order chi connectivity index (χ0) is 13.8. The molecule has 1 aliphatic heterocycles. The van der Waals surface area contributed by atoms with Gasteiger partial charge in [-0.1, -0.05) is 29.8 Å². The molecule has 3 heteroatoms. The summed E-state index contributed by atoms with van der Waals surface area (Å²) >= 11 is 0. The minimum absolute atomic E-state index is 0.770. The summed E-state index contributed by atoms with van der Waals surface area (Å²) in [5, 5.41) is 4.75. The molecular formula is C17H20N2O. The third-order valence-corrected chi connectivity index (χ3v) is 3.66. The molecule has 0 atom stereocenters. The summed E-state index contributed by atoms with van der Waals surface area (Å²) in [6.45, 7) is 4.63. The molecule has 0 aliphatic carbocycles. The first-order valence-electron chi connectivity index (χ1n) is 7.19. The topological polar surface area (TPSA) is 34.1 Å². The molecule has 0 radical (unpaired) electrons. The van der Waals surface area contributed by atoms with Gasteiger partial charge < -0.3 is 10.1 Å². The van der Waals surface area contributed by atoms with Crippen molar-refractivity contribution in [1.82, 2.24) is 4.98 Å². The summed E-state index contributed by atoms with van der Waals surface area (Å²) in [5.74, 6) is 0. The Morgan fingerprint density at radius 3 is 3.05 bits per heavy atom. The van der Waals surface area contributed by atoms with E-state index in [9.17, 15) is 0 Å². The zero-order valence-electron chi connectivity index (χ0n) is 11.9. The van der Waals surface area contributed by atoms with Crippen molar-refractivity contribution < 1.29 is 4.74 Å². The van der Waals surface area contributed by atoms with Gasteiger partial charge in [0.25, 0.3) is 0 Å². The van der Waals surface area contributed by atoms with Crippen LogP contribution in [0.1, 0.15) is 18.5 Å². The molecule has 3 nitrogen and oxygen atoms in total. The van der Waals surface area contributed by atoms with Crippen LogP contribution in [0.4, 0.5) is 5.69 Å². The SMILES string of the molecule is Cc1cc(NCCC2=CCOCC2)c2ccccc2n1. The van der Waals surface area contributed by atoms with Gasteiger partial charge in [0, 0.05) is 23.3 Å². The Labute approximate surface area is 119 Å². The number of aryl methyl sites for hydroxylation is 1. The van der Waals surface area contributed by atoms with E-state index in [0.29, 0.717) is 0 Å². The second-order valence-electron chi connectivity index (χ2n) is 5.19. The van der Waals surface area contributed by atoms with E-state index in [2.05, 4.69) is 40.6 Å². The molecule has 0 spiro atoms. The molecule has 0 fully saturated rings. The molecule has 2 heterocycles. The third-order valence-electron chi connectivity index (χ3n) is 3.66. The summed E-state index contributed by atoms with van der Waals surface area (Å²) in [6, 6.07) is 10.4. The first-order chi connectivity index (χ1) is 9.83. The lowest BCUT2D eigenvalue weighted by Crippen LogP contribution is -2.09. The van der Waals surface area contributed by atoms with E-state index in [1.165, 1.54) is 16.6 Å². The fourth-order valence-electron chi connectivity index (χ4n) is 2.60. The van der Waals surface area contributed by atoms with Crippen LogP contribution in [0.2, 0.25) is 0 Å². The van der Waals surface area contributed by atoms with Crippen LogP contribution in [0.25, 0.3) is 10.9 Å². The van der Waals surface area contributed by atoms with Gasteiger partial charge in [0.05, 0.1) is 18.7 Å². The first kappa shape index (κ1) is 13.1. The molecule has 0 amide bonds. The van der Waals surface area contributed by atoms with E-state index in [-0.39, 0.29) is 0 Å². The minimum atomic E-state index is 0.770. The maximum atomic E-state index is 5.33. The van der Waals surface area contributed by atoms with E-state index >= 15 is 0 Å². The van der Waals surface area contributed by atoms with Crippen LogP contribution < -0.4 is 5.32 Å². The molecule has 3 rings (SSSR count). The van der Waals surface area contributed by atoms with Crippen molar-refractivity contribution in [3.63, 3.8) is 0 Å². The second-order valence-corrected chi connectivity index (χ2v) is 5.19. The van der Waals surface area contributed by atoms with Crippen LogP contribution in [0.15, 0.2) is 42.0 Å². The number of para-hydroxylation sites is 1. The predicted octanol–water partition coefficient (Wildman–Crippen LogP) is 3.69. The van der Waals surface area contributed by atoms with Gasteiger partial charge in [0.15, 0.2) is 0 Å². The van der Waals surface area contributed by atoms with Crippen LogP contribution in [0, 0.1) is 6.92 Å². The van der Waals surface area contributed by atoms with Gasteiger partial charge in [-0.3, -0.25) is 4.98 Å². The molecule has 0 saturated carbocycles. The largest absolute Gasteiger partial charge is 0.384 e. The van der Waals surface area contributed by atoms with E-state index in [0.717, 1.165) is 43.8 Å². The molecule has 2 aromatic rings. The zero-order valence-corrected chi connectivity index (χ0v) is 11.9. The van der Waals surface area contributed by atoms with Crippen LogP contribution in [-0.4, -0.2) is 24.7 Å². The standard InChI is InChI=1S/C17H20N2O/c1-13-12-17(15-4-2-3-5-16(15)19-13)18-9-6-14-7-10-20-11-8-14/h2-5,7,12H,6,8-11H2,1H3,(H,18,19). The molecule has 1 N–H and O–H groups in total. The van der Waals surface area contributed by atoms with Crippen molar-refractivity contribution >= 4 is 16.6 Å². The van der Waals surface area contributed by atoms with E-state index in [1.807, 2.05) is 13.0 Å². The molecular weight excluding hydrogens is 248 g/mol. The molecule has 0 bridgehead atoms. The minimum Gasteiger partial charge on any atom is -0.384 e. The number of benzene rings is 1. The Hall–Kier alpha value is -1.87. The normalized spacial score (nSPS) is 15.2. The Kier molecular flexibility index (Phi) is 3.97. The van der Waals surface area contributed by atoms with Crippen molar-refractivity contribution in [2.75, 3.05) is 25.1 Å². The molecule has 0 unspecified atom stereocenters. The number of nitrogens with zero attached hydrogens (tertiary/aromatic N) is 1. The lowest BCUT2D eigenvalue weighted by molar-refractivity contribution is 0.153. The number of fused-ring (bicyclic) bond motifs is 1. The lowest BCUT2D eigenvalue weighted by atomic mass is 10.1. The molecule has 1 aliphatic rings. The van der Waals surface area contributed by atoms with Crippen molar-refractivity contribution in [2.24, 2.45) is 0 Å². The van der Waals surface area contributed by atoms with Gasteiger partial charge in [-0.25, -0.2) is 0 Å². The maximum absolute atomic E-state index is 5.33. The van der Waals surface area contributed by atoms with Gasteiger partial charge in [-0.05, 0) is 31.9 Å². The summed E-state index contributed by atoms with van der Waals surface area (Å²) in [6.07, 6.45) is 4.36. The summed E-state index contributed by atoms with van der Waals surface area (Å²) < 4.78 is 5.33. The predicted molar refractivity (Wildman–Crippen MR) is 83.1 cm³/mol. The fraction of sp³-hybridized carbons (Fsp3) is 0.353. The van der Waals surface area contributed by atoms with Gasteiger partial charge in [-0.2, -0.15) is 0 Å². The van der Waals surface area contributed by atoms with Gasteiger partial charge in [0.1, 0.15) is 0 Å². The van der Waals surface area contributed by atoms with Gasteiger partial charge in [-0.15, -0.1) is 0 Å². The maximum Gasteiger partial charge on any atom is 0.0725 e. The monoisotopic (exact) mass is 268 g/mol. The Morgan fingerprint density at radius 2 is 2.20 bits per heavy atom. The highest BCUT2D eigenvalue weighted by Gasteiger charge is 2.05. The highest BCUT2D eigenvalue weighted by molar-refractivity contribution is 5.91. The van der Waals surface area contributed by atoms with E-state index in [1.54, 1.807) is 0 Å². The van der Waals surface area contributed by atoms with E-state index in [4.69, 9.17) is 4.74 Å². The quantitative estimate of drug-likeness (QED) is 0.859. The Balaban J connectivity index is 1.72. The molecule has 1 aromatic heterocycles. The smallest absolute Gasteiger partial charge is 0.0725 e. The summed E-state index contributed by atoms with van der Waals surface area (Å²) in [5.41, 5.74) is 4.79. The number of hydrogen-bond acceptors (Lipinski definition) is 3. The average molecular weight is 268 g/mol. The summed E-state index contributed by atoms with van der Waals surface area (Å²) in [7, 11) is 0. The van der Waals surface area contributed by atoms with E-state index < -0.39 is 0 Å². The number of rotatable bonds is 4. The highest BCUT2D eigenvalue weighted by atomic mass is 16.5. The van der Waals surface area contributed by atoms with Crippen molar-refractivity contribution in [2.45, 2.75) is 19.8 Å². The lowest BCUT2D eigenvalue weighted by Gasteiger charge is -2.15. The number of pyridine rings is 1. The number of nitrogens with one attached hydrogen (secondary N) is 1. The fourth-order valence-corrected chi connectivity index (χ4v) is 2.60. The van der Waals surface area contributed by atoms with Crippen LogP contribution in [-0.2, 0) is 4.74 Å². The van der Waals surface area contributed by atoms with Crippen LogP contribution in [0.3, 0.4) is 0 Å².